The van der Waals surface area contributed by atoms with Gasteiger partial charge < -0.3 is 15.1 Å². The molecule has 0 saturated heterocycles. The molecule has 0 spiro atoms. The van der Waals surface area contributed by atoms with E-state index in [9.17, 15) is 23.1 Å². The molecule has 0 saturated carbocycles. The molecule has 0 aliphatic rings. The van der Waals surface area contributed by atoms with Gasteiger partial charge in [-0.25, -0.2) is 9.78 Å². The number of nitrogens with zero attached hydrogens (tertiary/aromatic N) is 2. The molecule has 0 aliphatic heterocycles. The minimum absolute atomic E-state index is 0.00553. The highest BCUT2D eigenvalue weighted by Crippen LogP contribution is 2.28. The summed E-state index contributed by atoms with van der Waals surface area (Å²) < 4.78 is 37.3. The van der Waals surface area contributed by atoms with Gasteiger partial charge in [0, 0.05) is 13.6 Å². The molecule has 5 nitrogen and oxygen atoms in total. The van der Waals surface area contributed by atoms with E-state index in [1.165, 1.54) is 13.1 Å². The maximum atomic E-state index is 12.4. The van der Waals surface area contributed by atoms with Crippen molar-refractivity contribution >= 4 is 6.09 Å². The molecule has 1 aromatic heterocycles. The lowest BCUT2D eigenvalue weighted by Crippen LogP contribution is -2.27. The predicted octanol–water partition coefficient (Wildman–Crippen LogP) is 2.13. The van der Waals surface area contributed by atoms with Crippen molar-refractivity contribution in [1.29, 1.82) is 0 Å². The number of alkyl halides is 3. The smallest absolute Gasteiger partial charge is 0.433 e. The Bertz CT molecular complexity index is 451. The van der Waals surface area contributed by atoms with Crippen LogP contribution < -0.4 is 0 Å². The number of rotatable bonds is 4. The fourth-order valence-corrected chi connectivity index (χ4v) is 1.35. The van der Waals surface area contributed by atoms with E-state index >= 15 is 0 Å². The van der Waals surface area contributed by atoms with Crippen molar-refractivity contribution in [1.82, 2.24) is 9.88 Å². The zero-order valence-electron chi connectivity index (χ0n) is 10.1. The van der Waals surface area contributed by atoms with Crippen LogP contribution in [0.15, 0.2) is 18.2 Å². The molecule has 1 rings (SSSR count). The van der Waals surface area contributed by atoms with Crippen LogP contribution in [0.3, 0.4) is 0 Å². The number of pyridine rings is 1. The first kappa shape index (κ1) is 15.2. The van der Waals surface area contributed by atoms with Gasteiger partial charge in [0.15, 0.2) is 0 Å². The van der Waals surface area contributed by atoms with Crippen molar-refractivity contribution in [2.24, 2.45) is 0 Å². The summed E-state index contributed by atoms with van der Waals surface area (Å²) in [5.74, 6) is 0. The highest BCUT2D eigenvalue weighted by Gasteiger charge is 2.32. The first-order valence-electron chi connectivity index (χ1n) is 5.38. The average Bonchev–Trinajstić information content (AvgIpc) is 2.34. The molecular formula is C11H13F3N2O3. The van der Waals surface area contributed by atoms with Crippen molar-refractivity contribution in [2.45, 2.75) is 18.7 Å². The SMILES string of the molecule is CN(CCC(O)c1cccc(C(F)(F)F)n1)C(=O)O. The van der Waals surface area contributed by atoms with Crippen LogP contribution in [0.2, 0.25) is 0 Å². The van der Waals surface area contributed by atoms with Gasteiger partial charge in [-0.1, -0.05) is 6.07 Å². The number of aliphatic hydroxyl groups is 1. The third kappa shape index (κ3) is 4.40. The van der Waals surface area contributed by atoms with Crippen LogP contribution >= 0.6 is 0 Å². The third-order valence-electron chi connectivity index (χ3n) is 2.47. The molecule has 1 atom stereocenters. The summed E-state index contributed by atoms with van der Waals surface area (Å²) in [6.45, 7) is -0.00553. The molecule has 1 amide bonds. The van der Waals surface area contributed by atoms with E-state index in [4.69, 9.17) is 5.11 Å². The van der Waals surface area contributed by atoms with E-state index in [1.54, 1.807) is 0 Å². The Kier molecular flexibility index (Phi) is 4.71. The van der Waals surface area contributed by atoms with Crippen LogP contribution in [0.25, 0.3) is 0 Å². The number of halogens is 3. The Labute approximate surface area is 107 Å². The minimum atomic E-state index is -4.58. The molecule has 0 bridgehead atoms. The molecular weight excluding hydrogens is 265 g/mol. The Balaban J connectivity index is 2.72. The number of carbonyl (C=O) groups is 1. The molecule has 1 heterocycles. The fourth-order valence-electron chi connectivity index (χ4n) is 1.35. The number of aromatic nitrogens is 1. The monoisotopic (exact) mass is 278 g/mol. The summed E-state index contributed by atoms with van der Waals surface area (Å²) in [7, 11) is 1.30. The van der Waals surface area contributed by atoms with Crippen LogP contribution in [0, 0.1) is 0 Å². The maximum Gasteiger partial charge on any atom is 0.433 e. The normalized spacial score (nSPS) is 13.1. The van der Waals surface area contributed by atoms with Crippen LogP contribution in [-0.4, -0.2) is 39.8 Å². The molecule has 1 unspecified atom stereocenters. The predicted molar refractivity (Wildman–Crippen MR) is 59.5 cm³/mol. The quantitative estimate of drug-likeness (QED) is 0.884. The number of hydrogen-bond acceptors (Lipinski definition) is 3. The highest BCUT2D eigenvalue weighted by atomic mass is 19.4. The molecule has 8 heteroatoms. The van der Waals surface area contributed by atoms with Crippen LogP contribution in [0.5, 0.6) is 0 Å². The summed E-state index contributed by atoms with van der Waals surface area (Å²) >= 11 is 0. The summed E-state index contributed by atoms with van der Waals surface area (Å²) in [5, 5.41) is 18.3. The van der Waals surface area contributed by atoms with Gasteiger partial charge >= 0.3 is 12.3 Å². The topological polar surface area (TPSA) is 73.7 Å². The van der Waals surface area contributed by atoms with E-state index in [-0.39, 0.29) is 18.7 Å². The van der Waals surface area contributed by atoms with E-state index < -0.39 is 24.1 Å². The standard InChI is InChI=1S/C11H13F3N2O3/c1-16(10(18)19)6-5-8(17)7-3-2-4-9(15-7)11(12,13)14/h2-4,8,17H,5-6H2,1H3,(H,18,19). The summed E-state index contributed by atoms with van der Waals surface area (Å²) in [5.41, 5.74) is -1.22. The minimum Gasteiger partial charge on any atom is -0.465 e. The van der Waals surface area contributed by atoms with Crippen molar-refractivity contribution in [3.63, 3.8) is 0 Å². The molecule has 0 fully saturated rings. The number of aliphatic hydroxyl groups excluding tert-OH is 1. The molecule has 2 N–H and O–H groups in total. The largest absolute Gasteiger partial charge is 0.465 e. The number of carboxylic acid groups (broad SMARTS) is 1. The fraction of sp³-hybridized carbons (Fsp3) is 0.455. The molecule has 0 aromatic carbocycles. The van der Waals surface area contributed by atoms with Crippen molar-refractivity contribution in [2.75, 3.05) is 13.6 Å². The second-order valence-corrected chi connectivity index (χ2v) is 3.95. The summed E-state index contributed by atoms with van der Waals surface area (Å²) in [6.07, 6.45) is -7.03. The van der Waals surface area contributed by atoms with Gasteiger partial charge in [0.25, 0.3) is 0 Å². The number of hydrogen-bond donors (Lipinski definition) is 2. The van der Waals surface area contributed by atoms with Crippen molar-refractivity contribution in [3.05, 3.63) is 29.6 Å². The van der Waals surface area contributed by atoms with Gasteiger partial charge in [-0.15, -0.1) is 0 Å². The van der Waals surface area contributed by atoms with Gasteiger partial charge in [-0.3, -0.25) is 0 Å². The molecule has 106 valence electrons. The van der Waals surface area contributed by atoms with E-state index in [2.05, 4.69) is 4.98 Å². The van der Waals surface area contributed by atoms with E-state index in [1.807, 2.05) is 0 Å². The highest BCUT2D eigenvalue weighted by molar-refractivity contribution is 5.64. The van der Waals surface area contributed by atoms with Crippen LogP contribution in [0.4, 0.5) is 18.0 Å². The van der Waals surface area contributed by atoms with Gasteiger partial charge in [-0.05, 0) is 18.6 Å². The average molecular weight is 278 g/mol. The first-order valence-corrected chi connectivity index (χ1v) is 5.38. The van der Waals surface area contributed by atoms with E-state index in [0.29, 0.717) is 0 Å². The third-order valence-corrected chi connectivity index (χ3v) is 2.47. The number of amides is 1. The molecule has 0 radical (unpaired) electrons. The van der Waals surface area contributed by atoms with Gasteiger partial charge in [0.1, 0.15) is 5.69 Å². The Morgan fingerprint density at radius 3 is 2.63 bits per heavy atom. The van der Waals surface area contributed by atoms with Gasteiger partial charge in [0.05, 0.1) is 11.8 Å². The van der Waals surface area contributed by atoms with Gasteiger partial charge in [-0.2, -0.15) is 13.2 Å². The van der Waals surface area contributed by atoms with Crippen molar-refractivity contribution in [3.8, 4) is 0 Å². The molecule has 19 heavy (non-hydrogen) atoms. The first-order chi connectivity index (χ1) is 8.71. The zero-order chi connectivity index (χ0) is 14.6. The maximum absolute atomic E-state index is 12.4. The second-order valence-electron chi connectivity index (χ2n) is 3.95. The van der Waals surface area contributed by atoms with E-state index in [0.717, 1.165) is 17.0 Å². The Morgan fingerprint density at radius 1 is 1.47 bits per heavy atom. The Hall–Kier alpha value is -1.83. The lowest BCUT2D eigenvalue weighted by atomic mass is 10.1. The summed E-state index contributed by atoms with van der Waals surface area (Å²) in [4.78, 5) is 14.8. The lowest BCUT2D eigenvalue weighted by molar-refractivity contribution is -0.141. The van der Waals surface area contributed by atoms with Crippen molar-refractivity contribution < 1.29 is 28.2 Å². The molecule has 0 aliphatic carbocycles. The Morgan fingerprint density at radius 2 is 2.11 bits per heavy atom. The zero-order valence-corrected chi connectivity index (χ0v) is 10.1. The van der Waals surface area contributed by atoms with Gasteiger partial charge in [0.2, 0.25) is 0 Å². The van der Waals surface area contributed by atoms with Crippen LogP contribution in [0.1, 0.15) is 23.9 Å². The summed E-state index contributed by atoms with van der Waals surface area (Å²) in [6, 6.07) is 3.22. The lowest BCUT2D eigenvalue weighted by Gasteiger charge is -2.16. The van der Waals surface area contributed by atoms with Crippen LogP contribution in [-0.2, 0) is 6.18 Å². The molecule has 1 aromatic rings. The second kappa shape index (κ2) is 5.87.